The molecule has 0 spiro atoms. The van der Waals surface area contributed by atoms with Crippen molar-refractivity contribution in [2.45, 2.75) is 25.8 Å². The SMILES string of the molecule is Cc1ccc(C(Nc2cccc(N3CCOCC3)c2)C2CC2)cc1. The molecule has 1 aliphatic heterocycles. The Morgan fingerprint density at radius 1 is 1.04 bits per heavy atom. The van der Waals surface area contributed by atoms with Crippen LogP contribution in [0.4, 0.5) is 11.4 Å². The molecule has 1 aliphatic carbocycles. The molecule has 1 heterocycles. The van der Waals surface area contributed by atoms with E-state index in [2.05, 4.69) is 65.7 Å². The van der Waals surface area contributed by atoms with E-state index in [1.807, 2.05) is 0 Å². The van der Waals surface area contributed by atoms with Gasteiger partial charge >= 0.3 is 0 Å². The van der Waals surface area contributed by atoms with Gasteiger partial charge < -0.3 is 15.0 Å². The number of morpholine rings is 1. The van der Waals surface area contributed by atoms with Crippen LogP contribution in [0.1, 0.15) is 30.0 Å². The van der Waals surface area contributed by atoms with E-state index in [0.29, 0.717) is 6.04 Å². The van der Waals surface area contributed by atoms with Gasteiger partial charge in [-0.05, 0) is 49.4 Å². The summed E-state index contributed by atoms with van der Waals surface area (Å²) in [6.07, 6.45) is 2.66. The Morgan fingerprint density at radius 3 is 2.50 bits per heavy atom. The van der Waals surface area contributed by atoms with Crippen LogP contribution in [0.2, 0.25) is 0 Å². The first-order valence-corrected chi connectivity index (χ1v) is 9.05. The molecule has 4 rings (SSSR count). The highest BCUT2D eigenvalue weighted by molar-refractivity contribution is 5.59. The molecule has 24 heavy (non-hydrogen) atoms. The van der Waals surface area contributed by atoms with Crippen LogP contribution in [0, 0.1) is 12.8 Å². The van der Waals surface area contributed by atoms with Gasteiger partial charge in [-0.25, -0.2) is 0 Å². The molecule has 2 fully saturated rings. The molecule has 0 radical (unpaired) electrons. The quantitative estimate of drug-likeness (QED) is 0.883. The molecule has 1 saturated carbocycles. The molecule has 1 N–H and O–H groups in total. The van der Waals surface area contributed by atoms with Crippen molar-refractivity contribution in [3.8, 4) is 0 Å². The van der Waals surface area contributed by atoms with Crippen molar-refractivity contribution < 1.29 is 4.74 Å². The molecule has 126 valence electrons. The molecule has 3 heteroatoms. The third-order valence-electron chi connectivity index (χ3n) is 5.07. The molecule has 2 aromatic rings. The fraction of sp³-hybridized carbons (Fsp3) is 0.429. The monoisotopic (exact) mass is 322 g/mol. The number of ether oxygens (including phenoxy) is 1. The summed E-state index contributed by atoms with van der Waals surface area (Å²) in [6.45, 7) is 5.76. The molecule has 1 atom stereocenters. The Kier molecular flexibility index (Phi) is 4.44. The third kappa shape index (κ3) is 3.57. The largest absolute Gasteiger partial charge is 0.378 e. The van der Waals surface area contributed by atoms with E-state index in [-0.39, 0.29) is 0 Å². The second kappa shape index (κ2) is 6.86. The van der Waals surface area contributed by atoms with Crippen LogP contribution in [0.25, 0.3) is 0 Å². The van der Waals surface area contributed by atoms with E-state index >= 15 is 0 Å². The van der Waals surface area contributed by atoms with E-state index < -0.39 is 0 Å². The van der Waals surface area contributed by atoms with Crippen LogP contribution in [-0.4, -0.2) is 26.3 Å². The van der Waals surface area contributed by atoms with Gasteiger partial charge in [0.1, 0.15) is 0 Å². The van der Waals surface area contributed by atoms with Gasteiger partial charge in [0.25, 0.3) is 0 Å². The number of benzene rings is 2. The van der Waals surface area contributed by atoms with Crippen LogP contribution in [-0.2, 0) is 4.74 Å². The Labute approximate surface area is 144 Å². The van der Waals surface area contributed by atoms with Gasteiger partial charge in [-0.2, -0.15) is 0 Å². The van der Waals surface area contributed by atoms with E-state index in [1.165, 1.54) is 35.3 Å². The second-order valence-electron chi connectivity index (χ2n) is 7.02. The molecular formula is C21H26N2O. The van der Waals surface area contributed by atoms with E-state index in [4.69, 9.17) is 4.74 Å². The first kappa shape index (κ1) is 15.5. The van der Waals surface area contributed by atoms with Crippen molar-refractivity contribution in [2.24, 2.45) is 5.92 Å². The minimum absolute atomic E-state index is 0.422. The van der Waals surface area contributed by atoms with Crippen molar-refractivity contribution in [1.29, 1.82) is 0 Å². The van der Waals surface area contributed by atoms with Gasteiger partial charge in [0.2, 0.25) is 0 Å². The van der Waals surface area contributed by atoms with Gasteiger partial charge in [-0.3, -0.25) is 0 Å². The second-order valence-corrected chi connectivity index (χ2v) is 7.02. The zero-order valence-electron chi connectivity index (χ0n) is 14.4. The summed E-state index contributed by atoms with van der Waals surface area (Å²) in [7, 11) is 0. The molecule has 3 nitrogen and oxygen atoms in total. The van der Waals surface area contributed by atoms with E-state index in [1.54, 1.807) is 0 Å². The number of anilines is 2. The highest BCUT2D eigenvalue weighted by Crippen LogP contribution is 2.43. The lowest BCUT2D eigenvalue weighted by Crippen LogP contribution is -2.36. The van der Waals surface area contributed by atoms with Crippen molar-refractivity contribution in [1.82, 2.24) is 0 Å². The first-order chi connectivity index (χ1) is 11.8. The lowest BCUT2D eigenvalue weighted by molar-refractivity contribution is 0.122. The molecule has 0 aromatic heterocycles. The highest BCUT2D eigenvalue weighted by Gasteiger charge is 2.32. The summed E-state index contributed by atoms with van der Waals surface area (Å²) < 4.78 is 5.47. The van der Waals surface area contributed by atoms with Crippen molar-refractivity contribution >= 4 is 11.4 Å². The maximum atomic E-state index is 5.47. The number of hydrogen-bond donors (Lipinski definition) is 1. The fourth-order valence-electron chi connectivity index (χ4n) is 3.47. The average Bonchev–Trinajstić information content (AvgIpc) is 3.47. The topological polar surface area (TPSA) is 24.5 Å². The maximum absolute atomic E-state index is 5.47. The molecule has 0 amide bonds. The van der Waals surface area contributed by atoms with Crippen LogP contribution >= 0.6 is 0 Å². The van der Waals surface area contributed by atoms with Gasteiger partial charge in [-0.15, -0.1) is 0 Å². The Balaban J connectivity index is 1.53. The lowest BCUT2D eigenvalue weighted by Gasteiger charge is -2.29. The number of nitrogens with one attached hydrogen (secondary N) is 1. The number of aryl methyl sites for hydroxylation is 1. The normalized spacial score (nSPS) is 19.1. The summed E-state index contributed by atoms with van der Waals surface area (Å²) in [4.78, 5) is 2.41. The van der Waals surface area contributed by atoms with Crippen LogP contribution in [0.5, 0.6) is 0 Å². The summed E-state index contributed by atoms with van der Waals surface area (Å²) in [6, 6.07) is 18.2. The first-order valence-electron chi connectivity index (χ1n) is 9.05. The standard InChI is InChI=1S/C21H26N2O/c1-16-5-7-17(8-6-16)21(18-9-10-18)22-19-3-2-4-20(15-19)23-11-13-24-14-12-23/h2-8,15,18,21-22H,9-14H2,1H3. The summed E-state index contributed by atoms with van der Waals surface area (Å²) in [5.41, 5.74) is 5.24. The summed E-state index contributed by atoms with van der Waals surface area (Å²) >= 11 is 0. The summed E-state index contributed by atoms with van der Waals surface area (Å²) in [5, 5.41) is 3.80. The predicted octanol–water partition coefficient (Wildman–Crippen LogP) is 4.39. The van der Waals surface area contributed by atoms with E-state index in [9.17, 15) is 0 Å². The van der Waals surface area contributed by atoms with Crippen LogP contribution in [0.15, 0.2) is 48.5 Å². The van der Waals surface area contributed by atoms with Crippen molar-refractivity contribution in [2.75, 3.05) is 36.5 Å². The molecule has 2 aliphatic rings. The van der Waals surface area contributed by atoms with Crippen molar-refractivity contribution in [3.63, 3.8) is 0 Å². The summed E-state index contributed by atoms with van der Waals surface area (Å²) in [5.74, 6) is 0.764. The maximum Gasteiger partial charge on any atom is 0.0642 e. The van der Waals surface area contributed by atoms with E-state index in [0.717, 1.165) is 32.2 Å². The molecule has 1 unspecified atom stereocenters. The van der Waals surface area contributed by atoms with Gasteiger partial charge in [0, 0.05) is 24.5 Å². The molecule has 0 bridgehead atoms. The number of rotatable bonds is 5. The molecule has 2 aromatic carbocycles. The third-order valence-corrected chi connectivity index (χ3v) is 5.07. The van der Waals surface area contributed by atoms with Crippen LogP contribution < -0.4 is 10.2 Å². The Morgan fingerprint density at radius 2 is 1.79 bits per heavy atom. The predicted molar refractivity (Wildman–Crippen MR) is 99.7 cm³/mol. The lowest BCUT2D eigenvalue weighted by atomic mass is 10.0. The van der Waals surface area contributed by atoms with Crippen LogP contribution in [0.3, 0.4) is 0 Å². The molecule has 1 saturated heterocycles. The number of nitrogens with zero attached hydrogens (tertiary/aromatic N) is 1. The van der Waals surface area contributed by atoms with Crippen molar-refractivity contribution in [3.05, 3.63) is 59.7 Å². The Hall–Kier alpha value is -2.00. The highest BCUT2D eigenvalue weighted by atomic mass is 16.5. The fourth-order valence-corrected chi connectivity index (χ4v) is 3.47. The number of hydrogen-bond acceptors (Lipinski definition) is 3. The van der Waals surface area contributed by atoms with Gasteiger partial charge in [-0.1, -0.05) is 35.9 Å². The zero-order chi connectivity index (χ0) is 16.4. The average molecular weight is 322 g/mol. The van der Waals surface area contributed by atoms with Gasteiger partial charge in [0.05, 0.1) is 19.3 Å². The Bertz CT molecular complexity index is 672. The zero-order valence-corrected chi connectivity index (χ0v) is 14.4. The smallest absolute Gasteiger partial charge is 0.0642 e. The minimum atomic E-state index is 0.422. The molecular weight excluding hydrogens is 296 g/mol. The minimum Gasteiger partial charge on any atom is -0.378 e. The van der Waals surface area contributed by atoms with Gasteiger partial charge in [0.15, 0.2) is 0 Å².